The van der Waals surface area contributed by atoms with Crippen LogP contribution in [0.2, 0.25) is 10.0 Å². The Labute approximate surface area is 133 Å². The summed E-state index contributed by atoms with van der Waals surface area (Å²) in [4.78, 5) is 22.8. The molecule has 1 amide bonds. The molecule has 0 fully saturated rings. The minimum absolute atomic E-state index is 0.131. The van der Waals surface area contributed by atoms with E-state index in [4.69, 9.17) is 27.9 Å². The van der Waals surface area contributed by atoms with Crippen molar-refractivity contribution >= 4 is 40.8 Å². The van der Waals surface area contributed by atoms with Crippen LogP contribution in [-0.2, 0) is 14.3 Å². The number of halogens is 2. The highest BCUT2D eigenvalue weighted by molar-refractivity contribution is 6.35. The maximum atomic E-state index is 11.7. The first kappa shape index (κ1) is 17.8. The van der Waals surface area contributed by atoms with Crippen molar-refractivity contribution in [2.24, 2.45) is 0 Å². The van der Waals surface area contributed by atoms with Gasteiger partial charge in [0.2, 0.25) is 5.91 Å². The summed E-state index contributed by atoms with van der Waals surface area (Å²) in [5.74, 6) is -0.454. The fourth-order valence-electron chi connectivity index (χ4n) is 1.58. The molecule has 2 N–H and O–H groups in total. The van der Waals surface area contributed by atoms with Crippen molar-refractivity contribution in [3.63, 3.8) is 0 Å². The predicted octanol–water partition coefficient (Wildman–Crippen LogP) is 2.86. The van der Waals surface area contributed by atoms with E-state index in [1.54, 1.807) is 25.1 Å². The van der Waals surface area contributed by atoms with Gasteiger partial charge in [-0.2, -0.15) is 0 Å². The number of rotatable bonds is 8. The Hall–Kier alpha value is -1.30. The van der Waals surface area contributed by atoms with Crippen LogP contribution < -0.4 is 10.6 Å². The zero-order chi connectivity index (χ0) is 15.7. The van der Waals surface area contributed by atoms with Gasteiger partial charge in [-0.25, -0.2) is 0 Å². The number of nitrogens with one attached hydrogen (secondary N) is 2. The SMILES string of the molecule is CCOC(=O)CCCNCC(=O)Nc1cc(Cl)ccc1Cl. The minimum Gasteiger partial charge on any atom is -0.466 e. The second-order valence-electron chi connectivity index (χ2n) is 4.26. The zero-order valence-electron chi connectivity index (χ0n) is 11.7. The summed E-state index contributed by atoms with van der Waals surface area (Å²) < 4.78 is 4.80. The van der Waals surface area contributed by atoms with Crippen LogP contribution in [0.5, 0.6) is 0 Å². The molecule has 0 unspecified atom stereocenters. The highest BCUT2D eigenvalue weighted by Gasteiger charge is 2.06. The van der Waals surface area contributed by atoms with E-state index in [1.807, 2.05) is 0 Å². The van der Waals surface area contributed by atoms with Crippen LogP contribution in [0.25, 0.3) is 0 Å². The van der Waals surface area contributed by atoms with Crippen molar-refractivity contribution in [3.05, 3.63) is 28.2 Å². The summed E-state index contributed by atoms with van der Waals surface area (Å²) in [5.41, 5.74) is 0.475. The molecule has 0 aliphatic heterocycles. The second-order valence-corrected chi connectivity index (χ2v) is 5.10. The van der Waals surface area contributed by atoms with Crippen molar-refractivity contribution in [1.29, 1.82) is 0 Å². The number of amides is 1. The molecule has 0 spiro atoms. The second kappa shape index (κ2) is 9.60. The predicted molar refractivity (Wildman–Crippen MR) is 83.8 cm³/mol. The van der Waals surface area contributed by atoms with E-state index in [9.17, 15) is 9.59 Å². The number of hydrogen-bond acceptors (Lipinski definition) is 4. The zero-order valence-corrected chi connectivity index (χ0v) is 13.3. The number of esters is 1. The van der Waals surface area contributed by atoms with Crippen molar-refractivity contribution in [3.8, 4) is 0 Å². The topological polar surface area (TPSA) is 67.4 Å². The van der Waals surface area contributed by atoms with Gasteiger partial charge in [-0.3, -0.25) is 9.59 Å². The van der Waals surface area contributed by atoms with E-state index in [-0.39, 0.29) is 18.4 Å². The molecule has 0 heterocycles. The van der Waals surface area contributed by atoms with Crippen molar-refractivity contribution < 1.29 is 14.3 Å². The lowest BCUT2D eigenvalue weighted by Gasteiger charge is -2.08. The number of carbonyl (C=O) groups excluding carboxylic acids is 2. The quantitative estimate of drug-likeness (QED) is 0.567. The Bertz CT molecular complexity index is 495. The van der Waals surface area contributed by atoms with Crippen LogP contribution in [0.1, 0.15) is 19.8 Å². The molecule has 0 atom stereocenters. The van der Waals surface area contributed by atoms with Gasteiger partial charge in [-0.15, -0.1) is 0 Å². The van der Waals surface area contributed by atoms with Crippen LogP contribution in [-0.4, -0.2) is 31.6 Å². The molecule has 0 saturated heterocycles. The lowest BCUT2D eigenvalue weighted by molar-refractivity contribution is -0.143. The monoisotopic (exact) mass is 332 g/mol. The highest BCUT2D eigenvalue weighted by atomic mass is 35.5. The van der Waals surface area contributed by atoms with Crippen molar-refractivity contribution in [1.82, 2.24) is 5.32 Å². The Morgan fingerprint density at radius 2 is 2.05 bits per heavy atom. The first-order chi connectivity index (χ1) is 10.0. The van der Waals surface area contributed by atoms with Gasteiger partial charge in [0.1, 0.15) is 0 Å². The number of carbonyl (C=O) groups is 2. The molecule has 0 aromatic heterocycles. The Kier molecular flexibility index (Phi) is 8.12. The number of hydrogen-bond donors (Lipinski definition) is 2. The largest absolute Gasteiger partial charge is 0.466 e. The van der Waals surface area contributed by atoms with Gasteiger partial charge in [0.25, 0.3) is 0 Å². The first-order valence-electron chi connectivity index (χ1n) is 6.64. The fourth-order valence-corrected chi connectivity index (χ4v) is 1.92. The number of ether oxygens (including phenoxy) is 1. The molecule has 21 heavy (non-hydrogen) atoms. The number of benzene rings is 1. The van der Waals surface area contributed by atoms with Gasteiger partial charge in [-0.05, 0) is 38.1 Å². The van der Waals surface area contributed by atoms with Gasteiger partial charge < -0.3 is 15.4 Å². The molecule has 1 aromatic carbocycles. The molecule has 0 radical (unpaired) electrons. The molecule has 0 bridgehead atoms. The van der Waals surface area contributed by atoms with E-state index in [2.05, 4.69) is 10.6 Å². The summed E-state index contributed by atoms with van der Waals surface area (Å²) >= 11 is 11.8. The average molecular weight is 333 g/mol. The summed E-state index contributed by atoms with van der Waals surface area (Å²) in [6.45, 7) is 2.83. The molecule has 0 aliphatic rings. The van der Waals surface area contributed by atoms with E-state index in [0.29, 0.717) is 41.7 Å². The molecule has 0 aliphatic carbocycles. The molecular weight excluding hydrogens is 315 g/mol. The average Bonchev–Trinajstić information content (AvgIpc) is 2.43. The summed E-state index contributed by atoms with van der Waals surface area (Å²) in [7, 11) is 0. The Morgan fingerprint density at radius 1 is 1.29 bits per heavy atom. The number of anilines is 1. The molecule has 0 saturated carbocycles. The van der Waals surface area contributed by atoms with Crippen LogP contribution in [0.3, 0.4) is 0 Å². The summed E-state index contributed by atoms with van der Waals surface area (Å²) in [6, 6.07) is 4.85. The smallest absolute Gasteiger partial charge is 0.305 e. The maximum Gasteiger partial charge on any atom is 0.305 e. The van der Waals surface area contributed by atoms with Gasteiger partial charge in [0.15, 0.2) is 0 Å². The lowest BCUT2D eigenvalue weighted by atomic mass is 10.3. The van der Waals surface area contributed by atoms with E-state index in [1.165, 1.54) is 0 Å². The third kappa shape index (κ3) is 7.32. The normalized spacial score (nSPS) is 10.2. The van der Waals surface area contributed by atoms with Gasteiger partial charge in [-0.1, -0.05) is 23.2 Å². The Morgan fingerprint density at radius 3 is 2.76 bits per heavy atom. The van der Waals surface area contributed by atoms with Crippen LogP contribution in [0.15, 0.2) is 18.2 Å². The third-order valence-corrected chi connectivity index (χ3v) is 3.09. The van der Waals surface area contributed by atoms with Crippen LogP contribution in [0, 0.1) is 0 Å². The van der Waals surface area contributed by atoms with Gasteiger partial charge in [0.05, 0.1) is 23.9 Å². The Balaban J connectivity index is 2.22. The minimum atomic E-state index is -0.227. The molecule has 1 aromatic rings. The standard InChI is InChI=1S/C14H18Cl2N2O3/c1-2-21-14(20)4-3-7-17-9-13(19)18-12-8-10(15)5-6-11(12)16/h5-6,8,17H,2-4,7,9H2,1H3,(H,18,19). The van der Waals surface area contributed by atoms with Crippen molar-refractivity contribution in [2.45, 2.75) is 19.8 Å². The third-order valence-electron chi connectivity index (χ3n) is 2.53. The molecule has 5 nitrogen and oxygen atoms in total. The maximum absolute atomic E-state index is 11.7. The van der Waals surface area contributed by atoms with E-state index >= 15 is 0 Å². The fraction of sp³-hybridized carbons (Fsp3) is 0.429. The van der Waals surface area contributed by atoms with E-state index in [0.717, 1.165) is 0 Å². The van der Waals surface area contributed by atoms with Gasteiger partial charge in [0, 0.05) is 11.4 Å². The lowest BCUT2D eigenvalue weighted by Crippen LogP contribution is -2.29. The molecule has 1 rings (SSSR count). The first-order valence-corrected chi connectivity index (χ1v) is 7.39. The highest BCUT2D eigenvalue weighted by Crippen LogP contribution is 2.25. The molecular formula is C14H18Cl2N2O3. The summed E-state index contributed by atoms with van der Waals surface area (Å²) in [6.07, 6.45) is 0.951. The van der Waals surface area contributed by atoms with Gasteiger partial charge >= 0.3 is 5.97 Å². The summed E-state index contributed by atoms with van der Waals surface area (Å²) in [5, 5.41) is 6.53. The van der Waals surface area contributed by atoms with E-state index < -0.39 is 0 Å². The van der Waals surface area contributed by atoms with Crippen LogP contribution >= 0.6 is 23.2 Å². The molecule has 7 heteroatoms. The van der Waals surface area contributed by atoms with Crippen LogP contribution in [0.4, 0.5) is 5.69 Å². The van der Waals surface area contributed by atoms with Crippen molar-refractivity contribution in [2.75, 3.05) is 25.0 Å². The molecule has 116 valence electrons.